The summed E-state index contributed by atoms with van der Waals surface area (Å²) in [6.45, 7) is 12.5. The molecule has 0 fully saturated rings. The lowest BCUT2D eigenvalue weighted by molar-refractivity contribution is 0.00676. The van der Waals surface area contributed by atoms with E-state index >= 15 is 0 Å². The van der Waals surface area contributed by atoms with Crippen molar-refractivity contribution in [3.63, 3.8) is 0 Å². The Morgan fingerprint density at radius 2 is 1.30 bits per heavy atom. The number of ether oxygens (including phenoxy) is 2. The number of nitrogens with two attached hydrogens (primary N) is 1. The quantitative estimate of drug-likeness (QED) is 0.383. The molecular formula is C23H29N3O4. The highest BCUT2D eigenvalue weighted by Crippen LogP contribution is 2.27. The van der Waals surface area contributed by atoms with Crippen molar-refractivity contribution in [1.29, 1.82) is 0 Å². The van der Waals surface area contributed by atoms with Crippen molar-refractivity contribution in [2.24, 2.45) is 10.2 Å². The molecule has 0 aliphatic rings. The lowest BCUT2D eigenvalue weighted by Crippen LogP contribution is -2.25. The number of hydrogen-bond acceptors (Lipinski definition) is 7. The number of aryl methyl sites for hydroxylation is 1. The zero-order valence-electron chi connectivity index (χ0n) is 18.6. The third-order valence-corrected chi connectivity index (χ3v) is 3.69. The van der Waals surface area contributed by atoms with Crippen molar-refractivity contribution in [3.05, 3.63) is 53.1 Å². The minimum absolute atomic E-state index is 0.187. The van der Waals surface area contributed by atoms with Gasteiger partial charge in [0.2, 0.25) is 0 Å². The van der Waals surface area contributed by atoms with Gasteiger partial charge in [0.15, 0.2) is 0 Å². The second-order valence-electron chi connectivity index (χ2n) is 9.02. The highest BCUT2D eigenvalue weighted by atomic mass is 16.6. The molecule has 2 aromatic carbocycles. The van der Waals surface area contributed by atoms with Crippen LogP contribution < -0.4 is 5.73 Å². The third kappa shape index (κ3) is 6.99. The van der Waals surface area contributed by atoms with Crippen molar-refractivity contribution in [2.45, 2.75) is 59.7 Å². The SMILES string of the molecule is Cc1ccc(N)cc1N=Nc1cc(C(=O)OC(C)(C)C)cc(C(=O)OC(C)(C)C)c1. The molecule has 2 rings (SSSR count). The van der Waals surface area contributed by atoms with Crippen LogP contribution in [0, 0.1) is 6.92 Å². The number of esters is 2. The maximum atomic E-state index is 12.6. The van der Waals surface area contributed by atoms with Crippen molar-refractivity contribution in [2.75, 3.05) is 5.73 Å². The Morgan fingerprint density at radius 1 is 0.800 bits per heavy atom. The molecule has 2 aromatic rings. The van der Waals surface area contributed by atoms with Crippen molar-refractivity contribution < 1.29 is 19.1 Å². The van der Waals surface area contributed by atoms with E-state index in [1.54, 1.807) is 53.7 Å². The fraction of sp³-hybridized carbons (Fsp3) is 0.391. The van der Waals surface area contributed by atoms with Gasteiger partial charge in [0, 0.05) is 5.69 Å². The monoisotopic (exact) mass is 411 g/mol. The summed E-state index contributed by atoms with van der Waals surface area (Å²) in [5.74, 6) is -1.13. The summed E-state index contributed by atoms with van der Waals surface area (Å²) >= 11 is 0. The molecule has 160 valence electrons. The van der Waals surface area contributed by atoms with Gasteiger partial charge in [-0.1, -0.05) is 6.07 Å². The highest BCUT2D eigenvalue weighted by Gasteiger charge is 2.23. The van der Waals surface area contributed by atoms with Crippen LogP contribution in [0.1, 0.15) is 67.8 Å². The predicted octanol–water partition coefficient (Wildman–Crippen LogP) is 5.90. The molecule has 7 heteroatoms. The third-order valence-electron chi connectivity index (χ3n) is 3.69. The van der Waals surface area contributed by atoms with Gasteiger partial charge in [-0.05, 0) is 84.4 Å². The fourth-order valence-corrected chi connectivity index (χ4v) is 2.42. The summed E-state index contributed by atoms with van der Waals surface area (Å²) in [5.41, 5.74) is 7.20. The number of benzene rings is 2. The fourth-order valence-electron chi connectivity index (χ4n) is 2.42. The van der Waals surface area contributed by atoms with Crippen LogP contribution in [0.2, 0.25) is 0 Å². The summed E-state index contributed by atoms with van der Waals surface area (Å²) in [5, 5.41) is 8.44. The molecule has 0 saturated heterocycles. The van der Waals surface area contributed by atoms with Gasteiger partial charge in [-0.2, -0.15) is 10.2 Å². The first-order valence-electron chi connectivity index (χ1n) is 9.63. The molecule has 0 bridgehead atoms. The Bertz CT molecular complexity index is 937. The minimum atomic E-state index is -0.681. The Balaban J connectivity index is 2.47. The van der Waals surface area contributed by atoms with Crippen molar-refractivity contribution in [3.8, 4) is 0 Å². The molecule has 0 aliphatic carbocycles. The number of nitrogen functional groups attached to an aromatic ring is 1. The van der Waals surface area contributed by atoms with Crippen LogP contribution >= 0.6 is 0 Å². The Labute approximate surface area is 177 Å². The van der Waals surface area contributed by atoms with Gasteiger partial charge in [-0.25, -0.2) is 9.59 Å². The highest BCUT2D eigenvalue weighted by molar-refractivity contribution is 5.97. The van der Waals surface area contributed by atoms with Crippen LogP contribution in [0.3, 0.4) is 0 Å². The molecule has 30 heavy (non-hydrogen) atoms. The molecule has 0 amide bonds. The molecule has 0 radical (unpaired) electrons. The van der Waals surface area contributed by atoms with E-state index in [2.05, 4.69) is 10.2 Å². The van der Waals surface area contributed by atoms with E-state index in [1.807, 2.05) is 13.0 Å². The maximum Gasteiger partial charge on any atom is 0.338 e. The van der Waals surface area contributed by atoms with Gasteiger partial charge in [0.1, 0.15) is 11.2 Å². The van der Waals surface area contributed by atoms with E-state index in [4.69, 9.17) is 15.2 Å². The van der Waals surface area contributed by atoms with Crippen LogP contribution in [-0.2, 0) is 9.47 Å². The number of anilines is 1. The van der Waals surface area contributed by atoms with E-state index in [0.717, 1.165) is 5.56 Å². The van der Waals surface area contributed by atoms with E-state index < -0.39 is 23.1 Å². The van der Waals surface area contributed by atoms with Gasteiger partial charge in [-0.3, -0.25) is 0 Å². The number of nitrogens with zero attached hydrogens (tertiary/aromatic N) is 2. The molecule has 0 aliphatic heterocycles. The number of azo groups is 1. The minimum Gasteiger partial charge on any atom is -0.456 e. The number of carbonyl (C=O) groups is 2. The molecule has 2 N–H and O–H groups in total. The predicted molar refractivity (Wildman–Crippen MR) is 117 cm³/mol. The molecule has 7 nitrogen and oxygen atoms in total. The summed E-state index contributed by atoms with van der Waals surface area (Å²) in [4.78, 5) is 25.2. The number of carbonyl (C=O) groups excluding carboxylic acids is 2. The zero-order valence-corrected chi connectivity index (χ0v) is 18.6. The van der Waals surface area contributed by atoms with Gasteiger partial charge >= 0.3 is 11.9 Å². The second-order valence-corrected chi connectivity index (χ2v) is 9.02. The first-order valence-corrected chi connectivity index (χ1v) is 9.63. The van der Waals surface area contributed by atoms with Crippen LogP contribution in [0.4, 0.5) is 17.1 Å². The first-order chi connectivity index (χ1) is 13.7. The van der Waals surface area contributed by atoms with Crippen molar-refractivity contribution >= 4 is 29.0 Å². The molecule has 0 unspecified atom stereocenters. The molecule has 0 spiro atoms. The van der Waals surface area contributed by atoms with Crippen LogP contribution in [-0.4, -0.2) is 23.1 Å². The summed E-state index contributed by atoms with van der Waals surface area (Å²) < 4.78 is 10.9. The molecule has 0 atom stereocenters. The standard InChI is InChI=1S/C23H29N3O4/c1-14-8-9-17(24)13-19(14)26-25-18-11-15(20(27)29-22(2,3)4)10-16(12-18)21(28)30-23(5,6)7/h8-13H,24H2,1-7H3. The Kier molecular flexibility index (Phi) is 6.65. The maximum absolute atomic E-state index is 12.6. The lowest BCUT2D eigenvalue weighted by atomic mass is 10.1. The largest absolute Gasteiger partial charge is 0.456 e. The van der Waals surface area contributed by atoms with E-state index in [9.17, 15) is 9.59 Å². The molecule has 0 heterocycles. The smallest absolute Gasteiger partial charge is 0.338 e. The number of hydrogen-bond donors (Lipinski definition) is 1. The topological polar surface area (TPSA) is 103 Å². The van der Waals surface area contributed by atoms with Gasteiger partial charge in [-0.15, -0.1) is 0 Å². The van der Waals surface area contributed by atoms with E-state index in [1.165, 1.54) is 18.2 Å². The Morgan fingerprint density at radius 3 is 1.77 bits per heavy atom. The van der Waals surface area contributed by atoms with Crippen LogP contribution in [0.5, 0.6) is 0 Å². The number of rotatable bonds is 4. The van der Waals surface area contributed by atoms with Gasteiger partial charge in [0.05, 0.1) is 22.5 Å². The van der Waals surface area contributed by atoms with E-state index in [-0.39, 0.29) is 11.1 Å². The molecular weight excluding hydrogens is 382 g/mol. The van der Waals surface area contributed by atoms with Crippen molar-refractivity contribution in [1.82, 2.24) is 0 Å². The summed E-state index contributed by atoms with van der Waals surface area (Å²) in [7, 11) is 0. The lowest BCUT2D eigenvalue weighted by Gasteiger charge is -2.21. The average molecular weight is 412 g/mol. The Hall–Kier alpha value is -3.22. The zero-order chi connectivity index (χ0) is 22.7. The summed E-state index contributed by atoms with van der Waals surface area (Å²) in [6.07, 6.45) is 0. The second kappa shape index (κ2) is 8.65. The molecule has 0 aromatic heterocycles. The van der Waals surface area contributed by atoms with Crippen LogP contribution in [0.15, 0.2) is 46.6 Å². The normalized spacial score (nSPS) is 12.1. The van der Waals surface area contributed by atoms with Gasteiger partial charge < -0.3 is 15.2 Å². The van der Waals surface area contributed by atoms with E-state index in [0.29, 0.717) is 17.1 Å². The van der Waals surface area contributed by atoms with Crippen LogP contribution in [0.25, 0.3) is 0 Å². The molecule has 0 saturated carbocycles. The van der Waals surface area contributed by atoms with Gasteiger partial charge in [0.25, 0.3) is 0 Å². The summed E-state index contributed by atoms with van der Waals surface area (Å²) in [6, 6.07) is 9.80. The average Bonchev–Trinajstić information content (AvgIpc) is 2.59. The first kappa shape index (κ1) is 23.1.